The van der Waals surface area contributed by atoms with E-state index in [0.717, 1.165) is 41.3 Å². The molecule has 1 N–H and O–H groups in total. The summed E-state index contributed by atoms with van der Waals surface area (Å²) >= 11 is 0. The molecule has 0 aromatic heterocycles. The molecule has 0 unspecified atom stereocenters. The van der Waals surface area contributed by atoms with E-state index in [0.29, 0.717) is 0 Å². The lowest BCUT2D eigenvalue weighted by Crippen LogP contribution is -1.96. The highest BCUT2D eigenvalue weighted by molar-refractivity contribution is 5.95. The normalized spacial score (nSPS) is 11.1. The highest BCUT2D eigenvalue weighted by Crippen LogP contribution is 2.33. The van der Waals surface area contributed by atoms with E-state index in [-0.39, 0.29) is 0 Å². The Labute approximate surface area is 124 Å². The summed E-state index contributed by atoms with van der Waals surface area (Å²) in [6.07, 6.45) is 5.94. The van der Waals surface area contributed by atoms with Gasteiger partial charge in [0.15, 0.2) is 0 Å². The number of hydrogen-bond donors (Lipinski definition) is 1. The van der Waals surface area contributed by atoms with Crippen LogP contribution in [0.3, 0.4) is 0 Å². The lowest BCUT2D eigenvalue weighted by atomic mass is 9.94. The zero-order valence-corrected chi connectivity index (χ0v) is 12.4. The number of fused-ring (bicyclic) bond motifs is 1. The van der Waals surface area contributed by atoms with Gasteiger partial charge >= 0.3 is 5.97 Å². The van der Waals surface area contributed by atoms with Gasteiger partial charge in [0.05, 0.1) is 7.11 Å². The van der Waals surface area contributed by atoms with Crippen LogP contribution in [0.5, 0.6) is 5.75 Å². The highest BCUT2D eigenvalue weighted by atomic mass is 16.5. The number of hydrogen-bond acceptors (Lipinski definition) is 2. The summed E-state index contributed by atoms with van der Waals surface area (Å²) in [5, 5.41) is 11.1. The fourth-order valence-electron chi connectivity index (χ4n) is 2.53. The van der Waals surface area contributed by atoms with Gasteiger partial charge in [0.25, 0.3) is 0 Å². The number of methoxy groups -OCH3 is 1. The molecule has 21 heavy (non-hydrogen) atoms. The van der Waals surface area contributed by atoms with Crippen molar-refractivity contribution in [2.75, 3.05) is 7.11 Å². The number of benzene rings is 2. The summed E-state index contributed by atoms with van der Waals surface area (Å²) in [5.74, 6) is -0.167. The summed E-state index contributed by atoms with van der Waals surface area (Å²) in [6.45, 7) is 2.15. The zero-order chi connectivity index (χ0) is 15.2. The Morgan fingerprint density at radius 1 is 1.29 bits per heavy atom. The molecule has 2 rings (SSSR count). The van der Waals surface area contributed by atoms with Crippen molar-refractivity contribution in [3.63, 3.8) is 0 Å². The highest BCUT2D eigenvalue weighted by Gasteiger charge is 2.10. The fourth-order valence-corrected chi connectivity index (χ4v) is 2.53. The Bertz CT molecular complexity index is 671. The standard InChI is InChI=1S/C18H20O3/c1-3-4-7-14-13(10-11-18(19)20)12-17(21-2)16-9-6-5-8-15(14)16/h5-6,8-12H,3-4,7H2,1-2H3,(H,19,20)/b11-10+. The van der Waals surface area contributed by atoms with Gasteiger partial charge in [-0.15, -0.1) is 0 Å². The third-order valence-corrected chi connectivity index (χ3v) is 3.56. The largest absolute Gasteiger partial charge is 0.496 e. The lowest BCUT2D eigenvalue weighted by molar-refractivity contribution is -0.131. The van der Waals surface area contributed by atoms with Crippen molar-refractivity contribution in [3.05, 3.63) is 47.5 Å². The van der Waals surface area contributed by atoms with Gasteiger partial charge in [-0.2, -0.15) is 0 Å². The predicted molar refractivity (Wildman–Crippen MR) is 85.8 cm³/mol. The molecule has 0 spiro atoms. The molecule has 0 atom stereocenters. The molecule has 0 heterocycles. The number of unbranched alkanes of at least 4 members (excludes halogenated alkanes) is 1. The Balaban J connectivity index is 2.65. The number of aryl methyl sites for hydroxylation is 1. The molecule has 110 valence electrons. The first-order valence-electron chi connectivity index (χ1n) is 7.17. The van der Waals surface area contributed by atoms with Crippen molar-refractivity contribution < 1.29 is 14.6 Å². The minimum absolute atomic E-state index is 0.774. The molecule has 3 heteroatoms. The van der Waals surface area contributed by atoms with Crippen molar-refractivity contribution in [2.45, 2.75) is 26.2 Å². The third kappa shape index (κ3) is 3.43. The molecule has 0 aliphatic heterocycles. The van der Waals surface area contributed by atoms with Crippen molar-refractivity contribution in [1.82, 2.24) is 0 Å². The van der Waals surface area contributed by atoms with Gasteiger partial charge in [-0.25, -0.2) is 4.79 Å². The van der Waals surface area contributed by atoms with E-state index in [1.165, 1.54) is 11.6 Å². The average molecular weight is 284 g/mol. The molecular formula is C18H20O3. The fraction of sp³-hybridized carbons (Fsp3) is 0.278. The van der Waals surface area contributed by atoms with E-state index in [9.17, 15) is 4.79 Å². The molecule has 3 nitrogen and oxygen atoms in total. The summed E-state index contributed by atoms with van der Waals surface area (Å²) in [6, 6.07) is 10.0. The molecule has 0 aliphatic rings. The monoisotopic (exact) mass is 284 g/mol. The molecule has 0 saturated carbocycles. The first-order chi connectivity index (χ1) is 10.2. The van der Waals surface area contributed by atoms with Gasteiger partial charge in [0.2, 0.25) is 0 Å². The molecular weight excluding hydrogens is 264 g/mol. The van der Waals surface area contributed by atoms with Gasteiger partial charge in [-0.05, 0) is 41.5 Å². The quantitative estimate of drug-likeness (QED) is 0.805. The minimum atomic E-state index is -0.941. The van der Waals surface area contributed by atoms with E-state index in [2.05, 4.69) is 13.0 Å². The summed E-state index contributed by atoms with van der Waals surface area (Å²) in [7, 11) is 1.64. The zero-order valence-electron chi connectivity index (χ0n) is 12.4. The van der Waals surface area contributed by atoms with Crippen molar-refractivity contribution in [2.24, 2.45) is 0 Å². The first-order valence-corrected chi connectivity index (χ1v) is 7.17. The van der Waals surface area contributed by atoms with Gasteiger partial charge in [-0.3, -0.25) is 0 Å². The second-order valence-corrected chi connectivity index (χ2v) is 4.97. The van der Waals surface area contributed by atoms with Crippen molar-refractivity contribution >= 4 is 22.8 Å². The van der Waals surface area contributed by atoms with E-state index < -0.39 is 5.97 Å². The van der Waals surface area contributed by atoms with Crippen molar-refractivity contribution in [3.8, 4) is 5.75 Å². The maximum absolute atomic E-state index is 10.8. The van der Waals surface area contributed by atoms with E-state index >= 15 is 0 Å². The molecule has 2 aromatic carbocycles. The molecule has 2 aromatic rings. The number of carboxylic acid groups (broad SMARTS) is 1. The summed E-state index contributed by atoms with van der Waals surface area (Å²) < 4.78 is 5.45. The van der Waals surface area contributed by atoms with Crippen LogP contribution in [-0.2, 0) is 11.2 Å². The van der Waals surface area contributed by atoms with E-state index in [1.54, 1.807) is 13.2 Å². The average Bonchev–Trinajstić information content (AvgIpc) is 2.50. The van der Waals surface area contributed by atoms with Gasteiger partial charge in [0.1, 0.15) is 5.75 Å². The van der Waals surface area contributed by atoms with Gasteiger partial charge in [0, 0.05) is 11.5 Å². The Kier molecular flexibility index (Phi) is 4.99. The first kappa shape index (κ1) is 15.1. The molecule has 0 saturated heterocycles. The molecule has 0 bridgehead atoms. The summed E-state index contributed by atoms with van der Waals surface area (Å²) in [4.78, 5) is 10.8. The lowest BCUT2D eigenvalue weighted by Gasteiger charge is -2.14. The molecule has 0 fully saturated rings. The Morgan fingerprint density at radius 2 is 2.00 bits per heavy atom. The van der Waals surface area contributed by atoms with E-state index in [1.807, 2.05) is 24.3 Å². The van der Waals surface area contributed by atoms with Crippen LogP contribution in [0.4, 0.5) is 0 Å². The van der Waals surface area contributed by atoms with Crippen LogP contribution >= 0.6 is 0 Å². The number of carboxylic acids is 1. The summed E-state index contributed by atoms with van der Waals surface area (Å²) in [5.41, 5.74) is 2.10. The minimum Gasteiger partial charge on any atom is -0.496 e. The smallest absolute Gasteiger partial charge is 0.328 e. The number of rotatable bonds is 6. The number of carbonyl (C=O) groups is 1. The molecule has 0 aliphatic carbocycles. The predicted octanol–water partition coefficient (Wildman–Crippen LogP) is 4.29. The van der Waals surface area contributed by atoms with Crippen LogP contribution in [0, 0.1) is 0 Å². The number of ether oxygens (including phenoxy) is 1. The van der Waals surface area contributed by atoms with E-state index in [4.69, 9.17) is 9.84 Å². The maximum atomic E-state index is 10.8. The number of aliphatic carboxylic acids is 1. The molecule has 0 amide bonds. The maximum Gasteiger partial charge on any atom is 0.328 e. The van der Waals surface area contributed by atoms with Crippen LogP contribution in [0.15, 0.2) is 36.4 Å². The third-order valence-electron chi connectivity index (χ3n) is 3.56. The van der Waals surface area contributed by atoms with Crippen LogP contribution in [0.2, 0.25) is 0 Å². The second-order valence-electron chi connectivity index (χ2n) is 4.97. The van der Waals surface area contributed by atoms with Crippen LogP contribution in [0.1, 0.15) is 30.9 Å². The Hall–Kier alpha value is -2.29. The second kappa shape index (κ2) is 6.93. The molecule has 0 radical (unpaired) electrons. The Morgan fingerprint density at radius 3 is 2.62 bits per heavy atom. The van der Waals surface area contributed by atoms with Crippen LogP contribution < -0.4 is 4.74 Å². The van der Waals surface area contributed by atoms with Gasteiger partial charge in [-0.1, -0.05) is 37.6 Å². The van der Waals surface area contributed by atoms with Gasteiger partial charge < -0.3 is 9.84 Å². The van der Waals surface area contributed by atoms with Crippen LogP contribution in [-0.4, -0.2) is 18.2 Å². The SMILES string of the molecule is CCCCc1c(/C=C/C(=O)O)cc(OC)c2ccccc12. The van der Waals surface area contributed by atoms with Crippen LogP contribution in [0.25, 0.3) is 16.8 Å². The topological polar surface area (TPSA) is 46.5 Å². The van der Waals surface area contributed by atoms with Crippen molar-refractivity contribution in [1.29, 1.82) is 0 Å².